The Bertz CT molecular complexity index is 364. The number of hydrogen-bond acceptors (Lipinski definition) is 1. The van der Waals surface area contributed by atoms with Crippen molar-refractivity contribution in [3.8, 4) is 0 Å². The Balaban J connectivity index is 3.47. The standard InChI is InChI=1S/C6ClF11O/c7-2(8)1(4(10,11)12,5(13,14)15)19-3(2,9)6(16,17)18/t2-,3-/m0/s1. The van der Waals surface area contributed by atoms with Crippen LogP contribution in [0.5, 0.6) is 0 Å². The van der Waals surface area contributed by atoms with Crippen molar-refractivity contribution in [2.75, 3.05) is 0 Å². The molecular formula is C6ClF11O. The summed E-state index contributed by atoms with van der Waals surface area (Å²) in [6.07, 6.45) is -20.1. The van der Waals surface area contributed by atoms with Gasteiger partial charge in [0.2, 0.25) is 0 Å². The van der Waals surface area contributed by atoms with E-state index in [1.54, 1.807) is 0 Å². The molecule has 0 saturated carbocycles. The number of alkyl halides is 12. The number of halogens is 12. The minimum atomic E-state index is -6.76. The molecule has 0 radical (unpaired) electrons. The highest BCUT2D eigenvalue weighted by atomic mass is 35.5. The number of rotatable bonds is 0. The minimum Gasteiger partial charge on any atom is -0.306 e. The van der Waals surface area contributed by atoms with E-state index in [4.69, 9.17) is 0 Å². The van der Waals surface area contributed by atoms with Gasteiger partial charge in [-0.05, 0) is 0 Å². The first-order valence-corrected chi connectivity index (χ1v) is 4.30. The summed E-state index contributed by atoms with van der Waals surface area (Å²) in [6.45, 7) is 0. The van der Waals surface area contributed by atoms with Crippen molar-refractivity contribution in [3.05, 3.63) is 0 Å². The summed E-state index contributed by atoms with van der Waals surface area (Å²) in [5.41, 5.74) is -6.11. The summed E-state index contributed by atoms with van der Waals surface area (Å²) in [5.74, 6) is -5.94. The molecule has 1 saturated heterocycles. The highest BCUT2D eigenvalue weighted by Crippen LogP contribution is 2.71. The van der Waals surface area contributed by atoms with Gasteiger partial charge >= 0.3 is 30.0 Å². The van der Waals surface area contributed by atoms with Gasteiger partial charge in [0.05, 0.1) is 0 Å². The van der Waals surface area contributed by atoms with Crippen molar-refractivity contribution >= 4 is 11.6 Å². The van der Waals surface area contributed by atoms with Crippen LogP contribution in [0.1, 0.15) is 0 Å². The van der Waals surface area contributed by atoms with Gasteiger partial charge in [-0.1, -0.05) is 11.6 Å². The second kappa shape index (κ2) is 3.57. The molecule has 0 aromatic carbocycles. The molecule has 0 aromatic heterocycles. The van der Waals surface area contributed by atoms with Crippen LogP contribution in [-0.2, 0) is 4.74 Å². The second-order valence-corrected chi connectivity index (χ2v) is 3.97. The van der Waals surface area contributed by atoms with Gasteiger partial charge in [-0.15, -0.1) is 0 Å². The predicted octanol–water partition coefficient (Wildman–Crippen LogP) is 4.01. The summed E-state index contributed by atoms with van der Waals surface area (Å²) in [7, 11) is 0. The van der Waals surface area contributed by atoms with Crippen LogP contribution in [0.15, 0.2) is 0 Å². The molecule has 1 rings (SSSR count). The molecule has 1 nitrogen and oxygen atoms in total. The lowest BCUT2D eigenvalue weighted by atomic mass is 9.82. The zero-order valence-corrected chi connectivity index (χ0v) is 8.70. The maximum atomic E-state index is 13.2. The summed E-state index contributed by atoms with van der Waals surface area (Å²) >= 11 is 3.96. The first-order valence-electron chi connectivity index (χ1n) is 3.93. The van der Waals surface area contributed by atoms with Crippen molar-refractivity contribution in [2.24, 2.45) is 0 Å². The van der Waals surface area contributed by atoms with Gasteiger partial charge in [0, 0.05) is 0 Å². The van der Waals surface area contributed by atoms with Crippen molar-refractivity contribution in [1.82, 2.24) is 0 Å². The zero-order valence-electron chi connectivity index (χ0n) is 7.94. The highest BCUT2D eigenvalue weighted by molar-refractivity contribution is 6.25. The van der Waals surface area contributed by atoms with Crippen LogP contribution in [0.3, 0.4) is 0 Å². The van der Waals surface area contributed by atoms with Gasteiger partial charge in [0.25, 0.3) is 5.13 Å². The Hall–Kier alpha value is -0.520. The molecule has 1 aliphatic rings. The third kappa shape index (κ3) is 1.64. The minimum absolute atomic E-state index is 2.27. The topological polar surface area (TPSA) is 9.23 Å². The van der Waals surface area contributed by atoms with E-state index in [1.165, 1.54) is 0 Å². The summed E-state index contributed by atoms with van der Waals surface area (Å²) in [5, 5.41) is -5.95. The molecule has 0 aliphatic carbocycles. The van der Waals surface area contributed by atoms with Gasteiger partial charge in [-0.2, -0.15) is 43.9 Å². The van der Waals surface area contributed by atoms with E-state index in [2.05, 4.69) is 16.3 Å². The highest BCUT2D eigenvalue weighted by Gasteiger charge is 3.01. The summed E-state index contributed by atoms with van der Waals surface area (Å²) in [6, 6.07) is 0. The van der Waals surface area contributed by atoms with Crippen LogP contribution in [0.4, 0.5) is 48.3 Å². The molecular weight excluding hydrogens is 332 g/mol. The largest absolute Gasteiger partial charge is 0.453 e. The van der Waals surface area contributed by atoms with Gasteiger partial charge in [-0.25, -0.2) is 4.39 Å². The third-order valence-electron chi connectivity index (χ3n) is 2.30. The third-order valence-corrected chi connectivity index (χ3v) is 2.81. The lowest BCUT2D eigenvalue weighted by Gasteiger charge is -2.58. The van der Waals surface area contributed by atoms with Crippen molar-refractivity contribution < 1.29 is 53.0 Å². The Morgan fingerprint density at radius 2 is 1.00 bits per heavy atom. The average molecular weight is 332 g/mol. The Morgan fingerprint density at radius 3 is 1.16 bits per heavy atom. The SMILES string of the molecule is FC(F)(F)C1(C(F)(F)F)O[C@](F)(C(F)(F)F)[C@]1(F)Cl. The Labute approximate surface area is 101 Å². The van der Waals surface area contributed by atoms with E-state index in [-0.39, 0.29) is 0 Å². The van der Waals surface area contributed by atoms with Crippen LogP contribution in [0.25, 0.3) is 0 Å². The fourth-order valence-corrected chi connectivity index (χ4v) is 1.79. The molecule has 1 aliphatic heterocycles. The van der Waals surface area contributed by atoms with Crippen LogP contribution in [-0.4, -0.2) is 35.1 Å². The molecule has 13 heteroatoms. The van der Waals surface area contributed by atoms with Crippen molar-refractivity contribution in [1.29, 1.82) is 0 Å². The molecule has 0 N–H and O–H groups in total. The van der Waals surface area contributed by atoms with E-state index < -0.39 is 35.1 Å². The molecule has 114 valence electrons. The fraction of sp³-hybridized carbons (Fsp3) is 1.00. The van der Waals surface area contributed by atoms with Gasteiger partial charge in [0.1, 0.15) is 0 Å². The van der Waals surface area contributed by atoms with Crippen LogP contribution in [0, 0.1) is 0 Å². The maximum absolute atomic E-state index is 13.2. The molecule has 1 heterocycles. The molecule has 0 unspecified atom stereocenters. The van der Waals surface area contributed by atoms with E-state index in [9.17, 15) is 48.3 Å². The zero-order chi connectivity index (χ0) is 15.7. The molecule has 0 spiro atoms. The van der Waals surface area contributed by atoms with E-state index in [1.807, 2.05) is 0 Å². The lowest BCUT2D eigenvalue weighted by molar-refractivity contribution is -0.563. The van der Waals surface area contributed by atoms with E-state index in [0.29, 0.717) is 0 Å². The quantitative estimate of drug-likeness (QED) is 0.481. The Kier molecular flexibility index (Phi) is 3.10. The van der Waals surface area contributed by atoms with Crippen LogP contribution < -0.4 is 0 Å². The van der Waals surface area contributed by atoms with Gasteiger partial charge in [-0.3, -0.25) is 0 Å². The fourth-order valence-electron chi connectivity index (χ4n) is 1.39. The van der Waals surface area contributed by atoms with Crippen LogP contribution >= 0.6 is 11.6 Å². The van der Waals surface area contributed by atoms with E-state index in [0.717, 1.165) is 0 Å². The predicted molar refractivity (Wildman–Crippen MR) is 35.5 cm³/mol. The van der Waals surface area contributed by atoms with E-state index >= 15 is 0 Å². The molecule has 0 amide bonds. The number of hydrogen-bond donors (Lipinski definition) is 0. The molecule has 2 atom stereocenters. The molecule has 19 heavy (non-hydrogen) atoms. The molecule has 0 bridgehead atoms. The Morgan fingerprint density at radius 1 is 0.684 bits per heavy atom. The van der Waals surface area contributed by atoms with Crippen molar-refractivity contribution in [2.45, 2.75) is 35.1 Å². The first kappa shape index (κ1) is 16.5. The normalized spacial score (nSPS) is 36.0. The van der Waals surface area contributed by atoms with Gasteiger partial charge < -0.3 is 4.74 Å². The van der Waals surface area contributed by atoms with Gasteiger partial charge in [0.15, 0.2) is 0 Å². The van der Waals surface area contributed by atoms with Crippen molar-refractivity contribution in [3.63, 3.8) is 0 Å². The maximum Gasteiger partial charge on any atom is 0.453 e. The lowest BCUT2D eigenvalue weighted by Crippen LogP contribution is -2.88. The van der Waals surface area contributed by atoms with Crippen LogP contribution in [0.2, 0.25) is 0 Å². The summed E-state index contributed by atoms with van der Waals surface area (Å²) < 4.78 is 137. The second-order valence-electron chi connectivity index (χ2n) is 3.45. The first-order chi connectivity index (χ1) is 7.96. The summed E-state index contributed by atoms with van der Waals surface area (Å²) in [4.78, 5) is 0. The monoisotopic (exact) mass is 332 g/mol. The average Bonchev–Trinajstić information content (AvgIpc) is 2.06. The molecule has 0 aromatic rings. The molecule has 1 fully saturated rings. The smallest absolute Gasteiger partial charge is 0.306 e. The number of ether oxygens (including phenoxy) is 1.